The van der Waals surface area contributed by atoms with Gasteiger partial charge in [-0.1, -0.05) is 19.4 Å². The van der Waals surface area contributed by atoms with E-state index in [1.54, 1.807) is 7.11 Å². The number of benzene rings is 1. The average Bonchev–Trinajstić information content (AvgIpc) is 3.26. The molecule has 0 aliphatic heterocycles. The maximum Gasteiger partial charge on any atom is 0.252 e. The van der Waals surface area contributed by atoms with Crippen molar-refractivity contribution in [3.8, 4) is 11.5 Å². The van der Waals surface area contributed by atoms with E-state index < -0.39 is 5.60 Å². The van der Waals surface area contributed by atoms with Crippen molar-refractivity contribution in [2.75, 3.05) is 13.7 Å². The predicted octanol–water partition coefficient (Wildman–Crippen LogP) is 2.58. The van der Waals surface area contributed by atoms with Gasteiger partial charge in [-0.15, -0.1) is 0 Å². The fourth-order valence-corrected chi connectivity index (χ4v) is 2.16. The molecule has 2 N–H and O–H groups in total. The highest BCUT2D eigenvalue weighted by atomic mass is 16.5. The number of hydrogen-bond acceptors (Lipinski definition) is 4. The summed E-state index contributed by atoms with van der Waals surface area (Å²) in [6.07, 6.45) is 3.15. The zero-order chi connectivity index (χ0) is 16.2. The molecule has 1 aliphatic rings. The summed E-state index contributed by atoms with van der Waals surface area (Å²) in [6, 6.07) is 5.43. The first kappa shape index (κ1) is 16.6. The van der Waals surface area contributed by atoms with E-state index in [4.69, 9.17) is 9.47 Å². The first-order chi connectivity index (χ1) is 10.5. The number of hydrogen-bond donors (Lipinski definition) is 2. The minimum atomic E-state index is -1.15. The highest BCUT2D eigenvalue weighted by molar-refractivity contribution is 5.88. The summed E-state index contributed by atoms with van der Waals surface area (Å²) in [6.45, 7) is 4.66. The van der Waals surface area contributed by atoms with Gasteiger partial charge in [-0.2, -0.15) is 0 Å². The van der Waals surface area contributed by atoms with Gasteiger partial charge in [0.05, 0.1) is 19.8 Å². The molecule has 0 heterocycles. The van der Waals surface area contributed by atoms with E-state index in [9.17, 15) is 9.90 Å². The van der Waals surface area contributed by atoms with E-state index >= 15 is 0 Å². The van der Waals surface area contributed by atoms with Crippen molar-refractivity contribution in [3.63, 3.8) is 0 Å². The minimum Gasteiger partial charge on any atom is -0.493 e. The number of aliphatic hydroxyl groups is 1. The molecule has 2 rings (SSSR count). The summed E-state index contributed by atoms with van der Waals surface area (Å²) in [7, 11) is 1.60. The van der Waals surface area contributed by atoms with Crippen molar-refractivity contribution in [1.82, 2.24) is 5.32 Å². The van der Waals surface area contributed by atoms with Crippen LogP contribution in [-0.4, -0.2) is 30.3 Å². The molecule has 5 nitrogen and oxygen atoms in total. The smallest absolute Gasteiger partial charge is 0.252 e. The van der Waals surface area contributed by atoms with Crippen LogP contribution < -0.4 is 14.8 Å². The van der Waals surface area contributed by atoms with Gasteiger partial charge in [0.2, 0.25) is 0 Å². The fourth-order valence-electron chi connectivity index (χ4n) is 2.16. The Bertz CT molecular complexity index is 525. The van der Waals surface area contributed by atoms with Crippen molar-refractivity contribution in [1.29, 1.82) is 0 Å². The molecule has 0 aromatic heterocycles. The van der Waals surface area contributed by atoms with Gasteiger partial charge in [-0.05, 0) is 43.9 Å². The predicted molar refractivity (Wildman–Crippen MR) is 84.1 cm³/mol. The minimum absolute atomic E-state index is 0.198. The molecule has 0 saturated heterocycles. The lowest BCUT2D eigenvalue weighted by atomic mass is 10.1. The molecule has 1 fully saturated rings. The van der Waals surface area contributed by atoms with Crippen molar-refractivity contribution in [3.05, 3.63) is 23.8 Å². The number of nitrogens with one attached hydrogen (secondary N) is 1. The average molecular weight is 307 g/mol. The largest absolute Gasteiger partial charge is 0.493 e. The molecule has 1 aliphatic carbocycles. The molecule has 1 aromatic carbocycles. The second kappa shape index (κ2) is 7.01. The first-order valence-electron chi connectivity index (χ1n) is 7.84. The standard InChI is InChI=1S/C17H25NO4/c1-4-5-10-22-14-7-6-13(11-15(14)21-3)12(2)18-16(19)17(20)8-9-17/h6-7,11-12,20H,4-5,8-10H2,1-3H3,(H,18,19). The Kier molecular flexibility index (Phi) is 5.29. The van der Waals surface area contributed by atoms with E-state index in [2.05, 4.69) is 12.2 Å². The Hall–Kier alpha value is -1.75. The van der Waals surface area contributed by atoms with Crippen LogP contribution in [0.25, 0.3) is 0 Å². The topological polar surface area (TPSA) is 67.8 Å². The number of rotatable bonds is 8. The van der Waals surface area contributed by atoms with Crippen molar-refractivity contribution in [2.45, 2.75) is 51.2 Å². The second-order valence-corrected chi connectivity index (χ2v) is 5.84. The van der Waals surface area contributed by atoms with E-state index in [-0.39, 0.29) is 11.9 Å². The molecule has 22 heavy (non-hydrogen) atoms. The molecule has 1 amide bonds. The number of carbonyl (C=O) groups excluding carboxylic acids is 1. The molecular formula is C17H25NO4. The SMILES string of the molecule is CCCCOc1ccc(C(C)NC(=O)C2(O)CC2)cc1OC. The second-order valence-electron chi connectivity index (χ2n) is 5.84. The zero-order valence-electron chi connectivity index (χ0n) is 13.5. The number of amides is 1. The summed E-state index contributed by atoms with van der Waals surface area (Å²) in [5, 5.41) is 12.6. The van der Waals surface area contributed by atoms with Crippen LogP contribution in [0.1, 0.15) is 51.1 Å². The van der Waals surface area contributed by atoms with Crippen molar-refractivity contribution in [2.24, 2.45) is 0 Å². The van der Waals surface area contributed by atoms with Gasteiger partial charge in [0.1, 0.15) is 5.60 Å². The van der Waals surface area contributed by atoms with Gasteiger partial charge >= 0.3 is 0 Å². The summed E-state index contributed by atoms with van der Waals surface area (Å²) in [5.41, 5.74) is -0.237. The maximum atomic E-state index is 11.9. The van der Waals surface area contributed by atoms with E-state index in [0.717, 1.165) is 18.4 Å². The van der Waals surface area contributed by atoms with Crippen LogP contribution in [0.2, 0.25) is 0 Å². The normalized spacial score (nSPS) is 16.7. The monoisotopic (exact) mass is 307 g/mol. The summed E-state index contributed by atoms with van der Waals surface area (Å²) in [4.78, 5) is 11.9. The van der Waals surface area contributed by atoms with E-state index in [1.807, 2.05) is 25.1 Å². The highest BCUT2D eigenvalue weighted by Gasteiger charge is 2.48. The quantitative estimate of drug-likeness (QED) is 0.724. The van der Waals surface area contributed by atoms with E-state index in [1.165, 1.54) is 0 Å². The lowest BCUT2D eigenvalue weighted by Crippen LogP contribution is -2.37. The Morgan fingerprint density at radius 1 is 1.41 bits per heavy atom. The van der Waals surface area contributed by atoms with Gasteiger partial charge in [0.25, 0.3) is 5.91 Å². The van der Waals surface area contributed by atoms with Crippen LogP contribution in [-0.2, 0) is 4.79 Å². The van der Waals surface area contributed by atoms with E-state index in [0.29, 0.717) is 30.9 Å². The molecule has 1 atom stereocenters. The van der Waals surface area contributed by atoms with Crippen LogP contribution >= 0.6 is 0 Å². The molecule has 1 saturated carbocycles. The van der Waals surface area contributed by atoms with Crippen molar-refractivity contribution < 1.29 is 19.4 Å². The van der Waals surface area contributed by atoms with Crippen LogP contribution in [0.4, 0.5) is 0 Å². The Morgan fingerprint density at radius 3 is 2.73 bits per heavy atom. The van der Waals surface area contributed by atoms with Gasteiger partial charge in [0.15, 0.2) is 11.5 Å². The Balaban J connectivity index is 2.02. The number of unbranched alkanes of at least 4 members (excludes halogenated alkanes) is 1. The zero-order valence-corrected chi connectivity index (χ0v) is 13.5. The number of ether oxygens (including phenoxy) is 2. The molecule has 5 heteroatoms. The fraction of sp³-hybridized carbons (Fsp3) is 0.588. The molecule has 0 bridgehead atoms. The van der Waals surface area contributed by atoms with Crippen molar-refractivity contribution >= 4 is 5.91 Å². The van der Waals surface area contributed by atoms with Crippen LogP contribution in [0.5, 0.6) is 11.5 Å². The molecule has 122 valence electrons. The molecule has 0 radical (unpaired) electrons. The first-order valence-corrected chi connectivity index (χ1v) is 7.84. The van der Waals surface area contributed by atoms with Crippen LogP contribution in [0.3, 0.4) is 0 Å². The Morgan fingerprint density at radius 2 is 2.14 bits per heavy atom. The summed E-state index contributed by atoms with van der Waals surface area (Å²) >= 11 is 0. The lowest BCUT2D eigenvalue weighted by molar-refractivity contribution is -0.132. The van der Waals surface area contributed by atoms with Crippen LogP contribution in [0.15, 0.2) is 18.2 Å². The molecule has 0 spiro atoms. The van der Waals surface area contributed by atoms with Gasteiger partial charge in [-0.25, -0.2) is 0 Å². The molecule has 1 unspecified atom stereocenters. The number of carbonyl (C=O) groups is 1. The lowest BCUT2D eigenvalue weighted by Gasteiger charge is -2.18. The number of methoxy groups -OCH3 is 1. The van der Waals surface area contributed by atoms with Crippen LogP contribution in [0, 0.1) is 0 Å². The highest BCUT2D eigenvalue weighted by Crippen LogP contribution is 2.36. The third-order valence-electron chi connectivity index (χ3n) is 3.94. The third kappa shape index (κ3) is 3.91. The third-order valence-corrected chi connectivity index (χ3v) is 3.94. The maximum absolute atomic E-state index is 11.9. The van der Waals surface area contributed by atoms with Gasteiger partial charge in [-0.3, -0.25) is 4.79 Å². The Labute approximate surface area is 131 Å². The van der Waals surface area contributed by atoms with Gasteiger partial charge in [0, 0.05) is 0 Å². The molecule has 1 aromatic rings. The van der Waals surface area contributed by atoms with Gasteiger partial charge < -0.3 is 19.9 Å². The molecular weight excluding hydrogens is 282 g/mol. The summed E-state index contributed by atoms with van der Waals surface area (Å²) in [5.74, 6) is 1.06. The summed E-state index contributed by atoms with van der Waals surface area (Å²) < 4.78 is 11.1.